The molecule has 3 nitrogen and oxygen atoms in total. The first-order valence-electron chi connectivity index (χ1n) is 4.85. The van der Waals surface area contributed by atoms with Crippen LogP contribution in [0.4, 0.5) is 0 Å². The maximum Gasteiger partial charge on any atom is 0.169 e. The third-order valence-corrected chi connectivity index (χ3v) is 5.76. The molecular weight excluding hydrogens is 496 g/mol. The minimum atomic E-state index is 0.702. The van der Waals surface area contributed by atoms with E-state index in [-0.39, 0.29) is 0 Å². The van der Waals surface area contributed by atoms with Crippen LogP contribution in [0.25, 0.3) is 17.1 Å². The molecule has 18 heavy (non-hydrogen) atoms. The number of nitrogens with zero attached hydrogens (tertiary/aromatic N) is 2. The Morgan fingerprint density at radius 2 is 1.72 bits per heavy atom. The van der Waals surface area contributed by atoms with Crippen LogP contribution in [0, 0.1) is 0 Å². The van der Waals surface area contributed by atoms with E-state index in [4.69, 9.17) is 4.42 Å². The molecule has 3 aromatic heterocycles. The van der Waals surface area contributed by atoms with Crippen LogP contribution in [0.15, 0.2) is 47.0 Å². The Labute approximate surface area is 136 Å². The van der Waals surface area contributed by atoms with Crippen LogP contribution in [0.3, 0.4) is 0 Å². The highest BCUT2D eigenvalue weighted by Gasteiger charge is 2.19. The fourth-order valence-corrected chi connectivity index (χ4v) is 3.70. The smallest absolute Gasteiger partial charge is 0.169 e. The van der Waals surface area contributed by atoms with Crippen molar-refractivity contribution in [3.8, 4) is 11.5 Å². The zero-order valence-corrected chi connectivity index (χ0v) is 15.0. The number of halogens is 4. The van der Waals surface area contributed by atoms with Gasteiger partial charge in [-0.05, 0) is 81.9 Å². The summed E-state index contributed by atoms with van der Waals surface area (Å²) in [5.74, 6) is 0.702. The average molecular weight is 500 g/mol. The van der Waals surface area contributed by atoms with Gasteiger partial charge in [0.1, 0.15) is 20.5 Å². The van der Waals surface area contributed by atoms with E-state index in [1.165, 1.54) is 0 Å². The summed E-state index contributed by atoms with van der Waals surface area (Å²) in [6, 6.07) is 5.72. The normalized spacial score (nSPS) is 11.3. The monoisotopic (exact) mass is 496 g/mol. The van der Waals surface area contributed by atoms with Gasteiger partial charge in [0.15, 0.2) is 5.76 Å². The van der Waals surface area contributed by atoms with Crippen molar-refractivity contribution in [3.63, 3.8) is 0 Å². The zero-order chi connectivity index (χ0) is 12.9. The number of imidazole rings is 1. The lowest BCUT2D eigenvalue weighted by atomic mass is 10.3. The van der Waals surface area contributed by atoms with Crippen LogP contribution in [0.1, 0.15) is 0 Å². The van der Waals surface area contributed by atoms with E-state index in [1.807, 2.05) is 22.6 Å². The first kappa shape index (κ1) is 12.9. The van der Waals surface area contributed by atoms with E-state index in [9.17, 15) is 0 Å². The SMILES string of the molecule is Brc1ccoc1-c1nc2ccc(Br)c(Br)n2c1Br. The Morgan fingerprint density at radius 3 is 2.39 bits per heavy atom. The van der Waals surface area contributed by atoms with Gasteiger partial charge in [0.2, 0.25) is 0 Å². The Kier molecular flexibility index (Phi) is 3.42. The first-order valence-corrected chi connectivity index (χ1v) is 8.02. The zero-order valence-electron chi connectivity index (χ0n) is 8.62. The number of rotatable bonds is 1. The molecule has 0 amide bonds. The van der Waals surface area contributed by atoms with E-state index in [1.54, 1.807) is 6.26 Å². The fourth-order valence-electron chi connectivity index (χ4n) is 1.65. The number of aromatic nitrogens is 2. The summed E-state index contributed by atoms with van der Waals surface area (Å²) in [6.07, 6.45) is 1.63. The van der Waals surface area contributed by atoms with Crippen LogP contribution < -0.4 is 0 Å². The molecule has 0 fully saturated rings. The second kappa shape index (κ2) is 4.77. The molecule has 0 unspecified atom stereocenters. The van der Waals surface area contributed by atoms with Gasteiger partial charge in [-0.15, -0.1) is 0 Å². The average Bonchev–Trinajstić information content (AvgIpc) is 2.89. The van der Waals surface area contributed by atoms with Crippen molar-refractivity contribution in [1.82, 2.24) is 9.38 Å². The van der Waals surface area contributed by atoms with Gasteiger partial charge in [0.25, 0.3) is 0 Å². The lowest BCUT2D eigenvalue weighted by Gasteiger charge is -2.01. The largest absolute Gasteiger partial charge is 0.461 e. The molecule has 3 rings (SSSR count). The molecule has 0 aliphatic heterocycles. The Hall–Kier alpha value is -0.110. The van der Waals surface area contributed by atoms with Crippen LogP contribution in [0.2, 0.25) is 0 Å². The van der Waals surface area contributed by atoms with Crippen LogP contribution in [0.5, 0.6) is 0 Å². The molecule has 0 spiro atoms. The summed E-state index contributed by atoms with van der Waals surface area (Å²) in [4.78, 5) is 4.56. The Morgan fingerprint density at radius 1 is 0.944 bits per heavy atom. The standard InChI is InChI=1S/C11H4Br4N2O/c12-5-3-4-18-9(5)8-11(15)17-7(16-8)2-1-6(13)10(17)14/h1-4H. The second-order valence-electron chi connectivity index (χ2n) is 3.51. The molecule has 0 aliphatic carbocycles. The molecule has 0 aromatic carbocycles. The van der Waals surface area contributed by atoms with E-state index in [0.717, 1.165) is 29.5 Å². The molecule has 7 heteroatoms. The Bertz CT molecular complexity index is 747. The van der Waals surface area contributed by atoms with Crippen molar-refractivity contribution in [3.05, 3.63) is 42.6 Å². The number of hydrogen-bond donors (Lipinski definition) is 0. The highest BCUT2D eigenvalue weighted by Crippen LogP contribution is 2.37. The molecule has 3 heterocycles. The van der Waals surface area contributed by atoms with Gasteiger partial charge in [-0.1, -0.05) is 0 Å². The van der Waals surface area contributed by atoms with Crippen LogP contribution in [-0.4, -0.2) is 9.38 Å². The molecule has 0 bridgehead atoms. The van der Waals surface area contributed by atoms with E-state index >= 15 is 0 Å². The molecule has 0 radical (unpaired) electrons. The molecule has 3 aromatic rings. The number of fused-ring (bicyclic) bond motifs is 1. The van der Waals surface area contributed by atoms with Gasteiger partial charge in [-0.2, -0.15) is 0 Å². The van der Waals surface area contributed by atoms with E-state index < -0.39 is 0 Å². The summed E-state index contributed by atoms with van der Waals surface area (Å²) >= 11 is 14.0. The molecule has 0 saturated carbocycles. The molecule has 0 atom stereocenters. The van der Waals surface area contributed by atoms with Gasteiger partial charge < -0.3 is 4.42 Å². The second-order valence-corrected chi connectivity index (χ2v) is 6.73. The summed E-state index contributed by atoms with van der Waals surface area (Å²) in [7, 11) is 0. The van der Waals surface area contributed by atoms with Gasteiger partial charge in [0, 0.05) is 4.47 Å². The van der Waals surface area contributed by atoms with Crippen LogP contribution >= 0.6 is 63.7 Å². The molecule has 0 N–H and O–H groups in total. The van der Waals surface area contributed by atoms with Crippen LogP contribution in [-0.2, 0) is 0 Å². The summed E-state index contributed by atoms with van der Waals surface area (Å²) in [5.41, 5.74) is 1.58. The maximum atomic E-state index is 5.45. The lowest BCUT2D eigenvalue weighted by Crippen LogP contribution is -1.88. The van der Waals surface area contributed by atoms with Crippen molar-refractivity contribution in [2.75, 3.05) is 0 Å². The molecular formula is C11H4Br4N2O. The van der Waals surface area contributed by atoms with Crippen molar-refractivity contribution in [2.24, 2.45) is 0 Å². The molecule has 0 saturated heterocycles. The van der Waals surface area contributed by atoms with Crippen molar-refractivity contribution in [2.45, 2.75) is 0 Å². The topological polar surface area (TPSA) is 30.4 Å². The van der Waals surface area contributed by atoms with Gasteiger partial charge >= 0.3 is 0 Å². The van der Waals surface area contributed by atoms with Crippen molar-refractivity contribution < 1.29 is 4.42 Å². The minimum Gasteiger partial charge on any atom is -0.461 e. The first-order chi connectivity index (χ1) is 8.59. The van der Waals surface area contributed by atoms with Gasteiger partial charge in [-0.25, -0.2) is 4.98 Å². The molecule has 0 aliphatic rings. The van der Waals surface area contributed by atoms with Crippen molar-refractivity contribution in [1.29, 1.82) is 0 Å². The lowest BCUT2D eigenvalue weighted by molar-refractivity contribution is 0.579. The quantitative estimate of drug-likeness (QED) is 0.406. The summed E-state index contributed by atoms with van der Waals surface area (Å²) in [6.45, 7) is 0. The minimum absolute atomic E-state index is 0.702. The third kappa shape index (κ3) is 1.92. The Balaban J connectivity index is 2.37. The number of hydrogen-bond acceptors (Lipinski definition) is 2. The predicted octanol–water partition coefficient (Wildman–Crippen LogP) is 5.64. The highest BCUT2D eigenvalue weighted by atomic mass is 79.9. The van der Waals surface area contributed by atoms with E-state index in [0.29, 0.717) is 5.76 Å². The van der Waals surface area contributed by atoms with Gasteiger partial charge in [-0.3, -0.25) is 4.40 Å². The maximum absolute atomic E-state index is 5.45. The molecule has 92 valence electrons. The predicted molar refractivity (Wildman–Crippen MR) is 83.7 cm³/mol. The third-order valence-electron chi connectivity index (χ3n) is 2.45. The van der Waals surface area contributed by atoms with Gasteiger partial charge in [0.05, 0.1) is 10.7 Å². The number of furan rings is 1. The highest BCUT2D eigenvalue weighted by molar-refractivity contribution is 9.13. The fraction of sp³-hybridized carbons (Fsp3) is 0. The van der Waals surface area contributed by atoms with E-state index in [2.05, 4.69) is 68.7 Å². The summed E-state index contributed by atoms with van der Waals surface area (Å²) in [5, 5.41) is 0. The summed E-state index contributed by atoms with van der Waals surface area (Å²) < 4.78 is 11.0. The van der Waals surface area contributed by atoms with Crippen molar-refractivity contribution >= 4 is 69.4 Å². The number of pyridine rings is 1.